The Bertz CT molecular complexity index is 908. The molecule has 0 aliphatic rings. The van der Waals surface area contributed by atoms with Crippen LogP contribution in [-0.4, -0.2) is 31.1 Å². The first-order valence-electron chi connectivity index (χ1n) is 8.15. The van der Waals surface area contributed by atoms with Gasteiger partial charge >= 0.3 is 5.97 Å². The molecule has 0 aliphatic heterocycles. The van der Waals surface area contributed by atoms with Crippen LogP contribution in [0.2, 0.25) is 0 Å². The molecule has 0 aromatic heterocycles. The first-order valence-corrected chi connectivity index (χ1v) is 8.15. The fourth-order valence-electron chi connectivity index (χ4n) is 2.25. The Hall–Kier alpha value is -3.75. The lowest BCUT2D eigenvalue weighted by Crippen LogP contribution is -2.47. The highest BCUT2D eigenvalue weighted by Gasteiger charge is 2.27. The lowest BCUT2D eigenvalue weighted by molar-refractivity contribution is -0.143. The Morgan fingerprint density at radius 3 is 2.22 bits per heavy atom. The lowest BCUT2D eigenvalue weighted by atomic mass is 10.1. The number of hydrogen-bond donors (Lipinski definition) is 1. The molecule has 2 aromatic carbocycles. The minimum atomic E-state index is -1.07. The minimum Gasteiger partial charge on any atom is -0.467 e. The number of methoxy groups -OCH3 is 1. The summed E-state index contributed by atoms with van der Waals surface area (Å²) in [6, 6.07) is 14.3. The average molecular weight is 362 g/mol. The number of rotatable bonds is 5. The molecule has 0 fully saturated rings. The van der Waals surface area contributed by atoms with Gasteiger partial charge in [-0.25, -0.2) is 4.79 Å². The number of carbonyl (C=O) groups excluding carboxylic acids is 2. The molecule has 1 amide bonds. The first kappa shape index (κ1) is 19.6. The van der Waals surface area contributed by atoms with E-state index in [2.05, 4.69) is 31.9 Å². The zero-order valence-corrected chi connectivity index (χ0v) is 14.9. The highest BCUT2D eigenvalue weighted by Crippen LogP contribution is 2.07. The van der Waals surface area contributed by atoms with Gasteiger partial charge in [0.05, 0.1) is 13.2 Å². The molecule has 1 unspecified atom stereocenters. The summed E-state index contributed by atoms with van der Waals surface area (Å²) in [7, 11) is 1.20. The third kappa shape index (κ3) is 5.63. The number of ether oxygens (including phenoxy) is 1. The number of carbonyl (C=O) groups is 2. The van der Waals surface area contributed by atoms with Crippen molar-refractivity contribution in [2.24, 2.45) is 5.11 Å². The van der Waals surface area contributed by atoms with E-state index in [0.717, 1.165) is 11.1 Å². The van der Waals surface area contributed by atoms with Crippen LogP contribution in [0.25, 0.3) is 10.4 Å². The van der Waals surface area contributed by atoms with Gasteiger partial charge in [-0.1, -0.05) is 42.1 Å². The van der Waals surface area contributed by atoms with Crippen LogP contribution in [0, 0.1) is 11.8 Å². The van der Waals surface area contributed by atoms with Crippen molar-refractivity contribution in [1.29, 1.82) is 0 Å². The molecule has 2 atom stereocenters. The first-order chi connectivity index (χ1) is 13.0. The standard InChI is InChI=1S/C20H18N4O3/c1-14(23-24-21)18(20(26)27-2)22-19(25)17-12-10-16(11-13-17)9-8-15-6-4-3-5-7-15/h3-7,10-14,18H,1-2H3,(H,22,25)/t14?,18-/m0/s1. The van der Waals surface area contributed by atoms with Crippen LogP contribution in [0.15, 0.2) is 59.7 Å². The highest BCUT2D eigenvalue weighted by molar-refractivity contribution is 5.97. The van der Waals surface area contributed by atoms with Gasteiger partial charge in [-0.3, -0.25) is 4.79 Å². The summed E-state index contributed by atoms with van der Waals surface area (Å²) >= 11 is 0. The summed E-state index contributed by atoms with van der Waals surface area (Å²) in [4.78, 5) is 26.9. The maximum Gasteiger partial charge on any atom is 0.328 e. The van der Waals surface area contributed by atoms with Gasteiger partial charge in [0, 0.05) is 21.6 Å². The van der Waals surface area contributed by atoms with Crippen molar-refractivity contribution >= 4 is 11.9 Å². The molecule has 1 N–H and O–H groups in total. The van der Waals surface area contributed by atoms with Crippen LogP contribution < -0.4 is 5.32 Å². The van der Waals surface area contributed by atoms with Crippen LogP contribution in [0.1, 0.15) is 28.4 Å². The van der Waals surface area contributed by atoms with Gasteiger partial charge in [0.2, 0.25) is 0 Å². The van der Waals surface area contributed by atoms with Crippen LogP contribution in [0.5, 0.6) is 0 Å². The van der Waals surface area contributed by atoms with E-state index in [9.17, 15) is 9.59 Å². The molecule has 0 saturated heterocycles. The summed E-state index contributed by atoms with van der Waals surface area (Å²) in [5.41, 5.74) is 10.5. The van der Waals surface area contributed by atoms with E-state index in [0.29, 0.717) is 5.56 Å². The SMILES string of the molecule is COC(=O)[C@@H](NC(=O)c1ccc(C#Cc2ccccc2)cc1)C(C)N=[N+]=[N-]. The third-order valence-corrected chi connectivity index (χ3v) is 3.73. The van der Waals surface area contributed by atoms with Crippen LogP contribution in [0.4, 0.5) is 0 Å². The molecule has 7 nitrogen and oxygen atoms in total. The molecule has 0 aliphatic carbocycles. The van der Waals surface area contributed by atoms with Crippen molar-refractivity contribution in [3.8, 4) is 11.8 Å². The maximum absolute atomic E-state index is 12.4. The van der Waals surface area contributed by atoms with Crippen LogP contribution in [-0.2, 0) is 9.53 Å². The van der Waals surface area contributed by atoms with Gasteiger partial charge in [-0.2, -0.15) is 0 Å². The van der Waals surface area contributed by atoms with Crippen molar-refractivity contribution in [3.05, 3.63) is 81.7 Å². The van der Waals surface area contributed by atoms with Crippen molar-refractivity contribution < 1.29 is 14.3 Å². The van der Waals surface area contributed by atoms with E-state index in [1.54, 1.807) is 24.3 Å². The van der Waals surface area contributed by atoms with Crippen molar-refractivity contribution in [1.82, 2.24) is 5.32 Å². The van der Waals surface area contributed by atoms with E-state index in [1.165, 1.54) is 14.0 Å². The second-order valence-corrected chi connectivity index (χ2v) is 5.61. The Kier molecular flexibility index (Phi) is 7.00. The van der Waals surface area contributed by atoms with Gasteiger partial charge in [0.15, 0.2) is 0 Å². The van der Waals surface area contributed by atoms with Gasteiger partial charge < -0.3 is 10.1 Å². The molecule has 27 heavy (non-hydrogen) atoms. The zero-order chi connectivity index (χ0) is 19.6. The predicted octanol–water partition coefficient (Wildman–Crippen LogP) is 3.06. The summed E-state index contributed by atoms with van der Waals surface area (Å²) in [5.74, 6) is 4.89. The summed E-state index contributed by atoms with van der Waals surface area (Å²) in [6.45, 7) is 1.52. The van der Waals surface area contributed by atoms with E-state index in [4.69, 9.17) is 5.53 Å². The molecule has 0 saturated carbocycles. The quantitative estimate of drug-likeness (QED) is 0.290. The molecule has 136 valence electrons. The van der Waals surface area contributed by atoms with Gasteiger partial charge in [-0.15, -0.1) is 0 Å². The second-order valence-electron chi connectivity index (χ2n) is 5.61. The zero-order valence-electron chi connectivity index (χ0n) is 14.9. The van der Waals surface area contributed by atoms with E-state index < -0.39 is 24.0 Å². The third-order valence-electron chi connectivity index (χ3n) is 3.73. The fraction of sp³-hybridized carbons (Fsp3) is 0.200. The van der Waals surface area contributed by atoms with Crippen LogP contribution >= 0.6 is 0 Å². The Morgan fingerprint density at radius 2 is 1.67 bits per heavy atom. The van der Waals surface area contributed by atoms with E-state index >= 15 is 0 Å². The molecule has 0 bridgehead atoms. The number of amides is 1. The number of benzene rings is 2. The Labute approximate surface area is 157 Å². The van der Waals surface area contributed by atoms with E-state index in [-0.39, 0.29) is 0 Å². The topological polar surface area (TPSA) is 104 Å². The number of esters is 1. The Balaban J connectivity index is 2.11. The largest absolute Gasteiger partial charge is 0.467 e. The molecule has 2 aromatic rings. The number of azide groups is 1. The predicted molar refractivity (Wildman–Crippen MR) is 101 cm³/mol. The molecular weight excluding hydrogens is 344 g/mol. The monoisotopic (exact) mass is 362 g/mol. The minimum absolute atomic E-state index is 0.349. The summed E-state index contributed by atoms with van der Waals surface area (Å²) in [5, 5.41) is 5.99. The molecule has 2 rings (SSSR count). The molecule has 7 heteroatoms. The van der Waals surface area contributed by atoms with Crippen molar-refractivity contribution in [2.45, 2.75) is 19.0 Å². The molecular formula is C20H18N4O3. The highest BCUT2D eigenvalue weighted by atomic mass is 16.5. The lowest BCUT2D eigenvalue weighted by Gasteiger charge is -2.19. The maximum atomic E-state index is 12.4. The van der Waals surface area contributed by atoms with Gasteiger partial charge in [0.1, 0.15) is 6.04 Å². The molecule has 0 heterocycles. The van der Waals surface area contributed by atoms with Crippen LogP contribution in [0.3, 0.4) is 0 Å². The Morgan fingerprint density at radius 1 is 1.07 bits per heavy atom. The smallest absolute Gasteiger partial charge is 0.328 e. The molecule has 0 radical (unpaired) electrons. The average Bonchev–Trinajstić information content (AvgIpc) is 2.71. The van der Waals surface area contributed by atoms with Crippen molar-refractivity contribution in [3.63, 3.8) is 0 Å². The van der Waals surface area contributed by atoms with Gasteiger partial charge in [-0.05, 0) is 41.9 Å². The number of hydrogen-bond acceptors (Lipinski definition) is 4. The fourth-order valence-corrected chi connectivity index (χ4v) is 2.25. The summed E-state index contributed by atoms with van der Waals surface area (Å²) < 4.78 is 4.65. The number of nitrogens with one attached hydrogen (secondary N) is 1. The molecule has 0 spiro atoms. The normalized spacial score (nSPS) is 11.8. The summed E-state index contributed by atoms with van der Waals surface area (Å²) in [6.07, 6.45) is 0. The van der Waals surface area contributed by atoms with Crippen molar-refractivity contribution in [2.75, 3.05) is 7.11 Å². The second kappa shape index (κ2) is 9.66. The van der Waals surface area contributed by atoms with E-state index in [1.807, 2.05) is 30.3 Å². The number of nitrogens with zero attached hydrogens (tertiary/aromatic N) is 3. The van der Waals surface area contributed by atoms with Gasteiger partial charge in [0.25, 0.3) is 5.91 Å².